The second-order valence-corrected chi connectivity index (χ2v) is 6.88. The molecule has 1 heterocycles. The third kappa shape index (κ3) is 2.87. The summed E-state index contributed by atoms with van der Waals surface area (Å²) < 4.78 is 25.4. The lowest BCUT2D eigenvalue weighted by Gasteiger charge is -2.26. The summed E-state index contributed by atoms with van der Waals surface area (Å²) in [5, 5.41) is 0. The second kappa shape index (κ2) is 4.78. The van der Waals surface area contributed by atoms with Crippen LogP contribution in [0.1, 0.15) is 29.5 Å². The SMILES string of the molecule is Cc1ccc(C)c(CN2CCCCS2(=O)=O)c1. The summed E-state index contributed by atoms with van der Waals surface area (Å²) >= 11 is 0. The molecule has 0 unspecified atom stereocenters. The van der Waals surface area contributed by atoms with Crippen LogP contribution in [0.4, 0.5) is 0 Å². The van der Waals surface area contributed by atoms with Crippen molar-refractivity contribution in [2.24, 2.45) is 0 Å². The number of nitrogens with zero attached hydrogens (tertiary/aromatic N) is 1. The van der Waals surface area contributed by atoms with Gasteiger partial charge in [-0.05, 0) is 37.8 Å². The molecule has 1 aromatic rings. The molecule has 1 saturated heterocycles. The van der Waals surface area contributed by atoms with Crippen molar-refractivity contribution in [1.82, 2.24) is 4.31 Å². The first-order valence-electron chi connectivity index (χ1n) is 6.03. The van der Waals surface area contributed by atoms with Gasteiger partial charge in [0.1, 0.15) is 0 Å². The van der Waals surface area contributed by atoms with Crippen molar-refractivity contribution >= 4 is 10.0 Å². The van der Waals surface area contributed by atoms with Crippen molar-refractivity contribution < 1.29 is 8.42 Å². The topological polar surface area (TPSA) is 37.4 Å². The van der Waals surface area contributed by atoms with Crippen LogP contribution in [0.25, 0.3) is 0 Å². The molecule has 17 heavy (non-hydrogen) atoms. The summed E-state index contributed by atoms with van der Waals surface area (Å²) in [7, 11) is -3.02. The van der Waals surface area contributed by atoms with Gasteiger partial charge in [-0.25, -0.2) is 8.42 Å². The first-order chi connectivity index (χ1) is 7.99. The molecule has 4 heteroatoms. The summed E-state index contributed by atoms with van der Waals surface area (Å²) in [5.74, 6) is 0.303. The minimum atomic E-state index is -3.02. The Balaban J connectivity index is 2.22. The monoisotopic (exact) mass is 253 g/mol. The number of sulfonamides is 1. The van der Waals surface area contributed by atoms with Gasteiger partial charge in [-0.3, -0.25) is 0 Å². The maximum absolute atomic E-state index is 11.9. The normalized spacial score (nSPS) is 20.4. The van der Waals surface area contributed by atoms with Crippen molar-refractivity contribution in [2.45, 2.75) is 33.2 Å². The third-order valence-corrected chi connectivity index (χ3v) is 5.21. The van der Waals surface area contributed by atoms with Gasteiger partial charge in [0.2, 0.25) is 10.0 Å². The Hall–Kier alpha value is -0.870. The fourth-order valence-electron chi connectivity index (χ4n) is 2.18. The van der Waals surface area contributed by atoms with Crippen LogP contribution in [0.2, 0.25) is 0 Å². The molecule has 0 aromatic heterocycles. The van der Waals surface area contributed by atoms with E-state index in [1.807, 2.05) is 13.8 Å². The molecule has 0 radical (unpaired) electrons. The number of aryl methyl sites for hydroxylation is 2. The Morgan fingerprint density at radius 3 is 2.71 bits per heavy atom. The van der Waals surface area contributed by atoms with E-state index in [2.05, 4.69) is 18.2 Å². The highest BCUT2D eigenvalue weighted by molar-refractivity contribution is 7.89. The molecule has 1 aromatic carbocycles. The van der Waals surface area contributed by atoms with Crippen LogP contribution in [0.3, 0.4) is 0 Å². The number of hydrogen-bond donors (Lipinski definition) is 0. The van der Waals surface area contributed by atoms with Gasteiger partial charge in [-0.15, -0.1) is 0 Å². The Bertz CT molecular complexity index is 508. The molecule has 3 nitrogen and oxygen atoms in total. The minimum absolute atomic E-state index is 0.303. The molecule has 0 amide bonds. The zero-order chi connectivity index (χ0) is 12.5. The molecule has 94 valence electrons. The van der Waals surface area contributed by atoms with Gasteiger partial charge >= 0.3 is 0 Å². The number of benzene rings is 1. The zero-order valence-electron chi connectivity index (χ0n) is 10.4. The van der Waals surface area contributed by atoms with Gasteiger partial charge in [0.25, 0.3) is 0 Å². The molecule has 1 aliphatic rings. The Kier molecular flexibility index (Phi) is 3.54. The fraction of sp³-hybridized carbons (Fsp3) is 0.538. The Morgan fingerprint density at radius 2 is 2.00 bits per heavy atom. The van der Waals surface area contributed by atoms with Crippen LogP contribution in [0, 0.1) is 13.8 Å². The fourth-order valence-corrected chi connectivity index (χ4v) is 3.75. The molecule has 1 fully saturated rings. The van der Waals surface area contributed by atoms with Crippen molar-refractivity contribution in [3.8, 4) is 0 Å². The van der Waals surface area contributed by atoms with E-state index in [0.717, 1.165) is 24.0 Å². The van der Waals surface area contributed by atoms with Crippen LogP contribution < -0.4 is 0 Å². The standard InChI is InChI=1S/C13H19NO2S/c1-11-5-6-12(2)13(9-11)10-14-7-3-4-8-17(14,15)16/h5-6,9H,3-4,7-8,10H2,1-2H3. The first-order valence-corrected chi connectivity index (χ1v) is 7.64. The maximum Gasteiger partial charge on any atom is 0.214 e. The largest absolute Gasteiger partial charge is 0.214 e. The summed E-state index contributed by atoms with van der Waals surface area (Å²) in [6.45, 7) is 5.25. The van der Waals surface area contributed by atoms with E-state index in [0.29, 0.717) is 18.8 Å². The van der Waals surface area contributed by atoms with Gasteiger partial charge in [0.15, 0.2) is 0 Å². The van der Waals surface area contributed by atoms with E-state index in [-0.39, 0.29) is 0 Å². The Morgan fingerprint density at radius 1 is 1.24 bits per heavy atom. The molecule has 0 spiro atoms. The van der Waals surface area contributed by atoms with Crippen molar-refractivity contribution in [3.05, 3.63) is 34.9 Å². The smallest absolute Gasteiger partial charge is 0.212 e. The Labute approximate surface area is 104 Å². The molecular formula is C13H19NO2S. The summed E-state index contributed by atoms with van der Waals surface area (Å²) in [4.78, 5) is 0. The van der Waals surface area contributed by atoms with E-state index in [1.165, 1.54) is 5.56 Å². The zero-order valence-corrected chi connectivity index (χ0v) is 11.3. The van der Waals surface area contributed by atoms with Crippen LogP contribution in [0.5, 0.6) is 0 Å². The molecule has 2 rings (SSSR count). The van der Waals surface area contributed by atoms with Crippen molar-refractivity contribution in [3.63, 3.8) is 0 Å². The van der Waals surface area contributed by atoms with E-state index in [1.54, 1.807) is 4.31 Å². The first kappa shape index (κ1) is 12.6. The molecule has 0 N–H and O–H groups in total. The predicted octanol–water partition coefficient (Wildman–Crippen LogP) is 2.23. The lowest BCUT2D eigenvalue weighted by atomic mass is 10.1. The average Bonchev–Trinajstić information content (AvgIpc) is 2.26. The van der Waals surface area contributed by atoms with E-state index in [4.69, 9.17) is 0 Å². The average molecular weight is 253 g/mol. The van der Waals surface area contributed by atoms with Crippen molar-refractivity contribution in [1.29, 1.82) is 0 Å². The van der Waals surface area contributed by atoms with Gasteiger partial charge in [-0.1, -0.05) is 23.8 Å². The lowest BCUT2D eigenvalue weighted by Crippen LogP contribution is -2.37. The predicted molar refractivity (Wildman–Crippen MR) is 69.3 cm³/mol. The number of rotatable bonds is 2. The van der Waals surface area contributed by atoms with E-state index >= 15 is 0 Å². The quantitative estimate of drug-likeness (QED) is 0.810. The van der Waals surface area contributed by atoms with E-state index < -0.39 is 10.0 Å². The molecule has 0 aliphatic carbocycles. The van der Waals surface area contributed by atoms with Crippen LogP contribution in [0.15, 0.2) is 18.2 Å². The molecule has 1 aliphatic heterocycles. The van der Waals surface area contributed by atoms with Gasteiger partial charge < -0.3 is 0 Å². The summed E-state index contributed by atoms with van der Waals surface area (Å²) in [5.41, 5.74) is 3.46. The van der Waals surface area contributed by atoms with Gasteiger partial charge in [-0.2, -0.15) is 4.31 Å². The molecule has 0 atom stereocenters. The second-order valence-electron chi connectivity index (χ2n) is 4.79. The van der Waals surface area contributed by atoms with Crippen LogP contribution in [-0.4, -0.2) is 25.0 Å². The highest BCUT2D eigenvalue weighted by atomic mass is 32.2. The van der Waals surface area contributed by atoms with Gasteiger partial charge in [0.05, 0.1) is 5.75 Å². The molecule has 0 bridgehead atoms. The summed E-state index contributed by atoms with van der Waals surface area (Å²) in [6.07, 6.45) is 1.77. The highest BCUT2D eigenvalue weighted by Gasteiger charge is 2.25. The number of hydrogen-bond acceptors (Lipinski definition) is 2. The van der Waals surface area contributed by atoms with Crippen LogP contribution in [-0.2, 0) is 16.6 Å². The third-order valence-electron chi connectivity index (χ3n) is 3.30. The highest BCUT2D eigenvalue weighted by Crippen LogP contribution is 2.19. The summed E-state index contributed by atoms with van der Waals surface area (Å²) in [6, 6.07) is 6.20. The van der Waals surface area contributed by atoms with Crippen LogP contribution >= 0.6 is 0 Å². The van der Waals surface area contributed by atoms with E-state index in [9.17, 15) is 8.42 Å². The van der Waals surface area contributed by atoms with Gasteiger partial charge in [0, 0.05) is 13.1 Å². The lowest BCUT2D eigenvalue weighted by molar-refractivity contribution is 0.378. The molecule has 0 saturated carbocycles. The minimum Gasteiger partial charge on any atom is -0.212 e. The maximum atomic E-state index is 11.9. The van der Waals surface area contributed by atoms with Crippen molar-refractivity contribution in [2.75, 3.05) is 12.3 Å². The molecular weight excluding hydrogens is 234 g/mol.